The molecule has 8 bridgehead atoms. The molecule has 0 unspecified atom stereocenters. The van der Waals surface area contributed by atoms with Gasteiger partial charge in [0.25, 0.3) is 11.8 Å². The second-order valence-electron chi connectivity index (χ2n) is 14.8. The van der Waals surface area contributed by atoms with Crippen LogP contribution in [0, 0.1) is 13.8 Å². The third kappa shape index (κ3) is 8.93. The minimum Gasteiger partial charge on any atom is -0.481 e. The molecule has 0 spiro atoms. The number of ether oxygens (including phenoxy) is 2. The smallest absolute Gasteiger partial charge is 0.303 e. The number of allylic oxidation sites excluding steroid dienone is 4. The van der Waals surface area contributed by atoms with Crippen LogP contribution in [0.5, 0.6) is 0 Å². The third-order valence-electron chi connectivity index (χ3n) is 11.0. The molecule has 0 atom stereocenters. The molecule has 0 radical (unpaired) electrons. The van der Waals surface area contributed by atoms with Gasteiger partial charge in [-0.2, -0.15) is 0 Å². The number of H-pyrrole nitrogens is 2. The number of fused-ring (bicyclic) bond motifs is 8. The van der Waals surface area contributed by atoms with Gasteiger partial charge in [0.15, 0.2) is 0 Å². The summed E-state index contributed by atoms with van der Waals surface area (Å²) in [5, 5.41) is 9.63. The van der Waals surface area contributed by atoms with Crippen molar-refractivity contribution in [1.82, 2.24) is 24.8 Å². The number of carbonyl (C=O) groups excluding carboxylic acids is 3. The maximum absolute atomic E-state index is 13.2. The second-order valence-corrected chi connectivity index (χ2v) is 14.8. The molecule has 6 rings (SSSR count). The molecule has 3 aromatic rings. The monoisotopic (exact) mass is 785 g/mol. The molecule has 12 heteroatoms. The summed E-state index contributed by atoms with van der Waals surface area (Å²) in [6.45, 7) is 19.4. The van der Waals surface area contributed by atoms with E-state index in [1.807, 2.05) is 51.1 Å². The van der Waals surface area contributed by atoms with Crippen LogP contribution in [0.15, 0.2) is 49.1 Å². The minimum absolute atomic E-state index is 0.0450. The molecule has 12 nitrogen and oxygen atoms in total. The Balaban J connectivity index is 1.23. The maximum Gasteiger partial charge on any atom is 0.303 e. The van der Waals surface area contributed by atoms with Crippen LogP contribution in [-0.4, -0.2) is 86.5 Å². The van der Waals surface area contributed by atoms with Crippen molar-refractivity contribution in [1.29, 1.82) is 0 Å². The summed E-state index contributed by atoms with van der Waals surface area (Å²) in [5.74, 6) is -1.39. The molecule has 3 aliphatic rings. The topological polar surface area (TPSA) is 168 Å². The molecule has 0 saturated heterocycles. The SMILES string of the molecule is C=Cc1c(C)c2cc3[nH]c(cc4nc(cc5nc(cc1[nH]2)C(C)=C5CCC(=O)O)C(CCC(=O)CCCOCCOCCN1C(=O)C=C(C)C1=O)=C4C)c(C)c3C=C. The number of nitrogens with one attached hydrogen (secondary N) is 2. The number of hydrogen-bond donors (Lipinski definition) is 3. The average molecular weight is 786 g/mol. The van der Waals surface area contributed by atoms with Crippen molar-refractivity contribution in [3.8, 4) is 0 Å². The Morgan fingerprint density at radius 1 is 0.707 bits per heavy atom. The first-order chi connectivity index (χ1) is 27.8. The predicted molar refractivity (Wildman–Crippen MR) is 228 cm³/mol. The largest absolute Gasteiger partial charge is 0.481 e. The molecule has 2 amide bonds. The molecular weight excluding hydrogens is 735 g/mol. The van der Waals surface area contributed by atoms with Crippen molar-refractivity contribution >= 4 is 80.1 Å². The lowest BCUT2D eigenvalue weighted by atomic mass is 9.97. The number of aromatic nitrogens is 4. The van der Waals surface area contributed by atoms with E-state index in [0.717, 1.165) is 82.9 Å². The number of aryl methyl sites for hydroxylation is 2. The number of imide groups is 1. The second kappa shape index (κ2) is 18.1. The van der Waals surface area contributed by atoms with Gasteiger partial charge in [-0.3, -0.25) is 24.1 Å². The number of Topliss-reactive ketones (excluding diaryl/α,β-unsaturated/α-hetero) is 1. The lowest BCUT2D eigenvalue weighted by molar-refractivity contribution is -0.138. The summed E-state index contributed by atoms with van der Waals surface area (Å²) in [6, 6.07) is 8.03. The standard InChI is InChI=1S/C46H51N5O7/c1-8-32-27(4)36-22-37-29(6)34(13-12-31(52)11-10-17-57-19-20-58-18-16-51-44(53)21-26(3)46(51)56)42(49-37)25-43-35(14-15-45(54)55)30(7)39(50-43)24-41-33(9-2)28(5)38(48-41)23-40(32)47-36/h8-9,21-25,47-48H,1-2,10-20H2,3-7H3,(H,54,55). The van der Waals surface area contributed by atoms with E-state index in [2.05, 4.69) is 36.1 Å². The molecule has 58 heavy (non-hydrogen) atoms. The fourth-order valence-corrected chi connectivity index (χ4v) is 7.62. The number of hydrogen-bond acceptors (Lipinski definition) is 8. The Bertz CT molecular complexity index is 2480. The van der Waals surface area contributed by atoms with E-state index in [1.165, 1.54) is 6.08 Å². The molecule has 0 saturated carbocycles. The molecule has 302 valence electrons. The first kappa shape index (κ1) is 41.6. The highest BCUT2D eigenvalue weighted by molar-refractivity contribution is 6.15. The highest BCUT2D eigenvalue weighted by Crippen LogP contribution is 2.38. The first-order valence-corrected chi connectivity index (χ1v) is 19.7. The molecule has 3 aliphatic heterocycles. The van der Waals surface area contributed by atoms with E-state index in [0.29, 0.717) is 68.9 Å². The number of aliphatic carboxylic acids is 1. The van der Waals surface area contributed by atoms with E-state index in [-0.39, 0.29) is 37.2 Å². The number of amides is 2. The Kier molecular flexibility index (Phi) is 13.0. The molecular formula is C46H51N5O7. The summed E-state index contributed by atoms with van der Waals surface area (Å²) >= 11 is 0. The number of nitrogens with zero attached hydrogens (tertiary/aromatic N) is 3. The Morgan fingerprint density at radius 3 is 1.79 bits per heavy atom. The zero-order chi connectivity index (χ0) is 41.7. The number of carbonyl (C=O) groups is 4. The van der Waals surface area contributed by atoms with Gasteiger partial charge in [0, 0.05) is 70.7 Å². The summed E-state index contributed by atoms with van der Waals surface area (Å²) in [5.41, 5.74) is 14.5. The van der Waals surface area contributed by atoms with Crippen LogP contribution in [0.2, 0.25) is 0 Å². The Hall–Kier alpha value is -5.98. The van der Waals surface area contributed by atoms with Gasteiger partial charge in [-0.05, 0) is 112 Å². The van der Waals surface area contributed by atoms with E-state index < -0.39 is 5.97 Å². The van der Waals surface area contributed by atoms with Crippen LogP contribution in [0.4, 0.5) is 0 Å². The van der Waals surface area contributed by atoms with Crippen LogP contribution in [0.1, 0.15) is 104 Å². The van der Waals surface area contributed by atoms with Gasteiger partial charge < -0.3 is 24.5 Å². The molecule has 6 heterocycles. The van der Waals surface area contributed by atoms with Crippen molar-refractivity contribution < 1.29 is 33.8 Å². The van der Waals surface area contributed by atoms with Gasteiger partial charge in [-0.25, -0.2) is 9.97 Å². The maximum atomic E-state index is 13.2. The van der Waals surface area contributed by atoms with Gasteiger partial charge in [-0.15, -0.1) is 0 Å². The molecule has 0 aromatic carbocycles. The summed E-state index contributed by atoms with van der Waals surface area (Å²) in [4.78, 5) is 67.3. The van der Waals surface area contributed by atoms with Crippen LogP contribution in [0.25, 0.3) is 56.5 Å². The number of aromatic amines is 2. The van der Waals surface area contributed by atoms with Crippen LogP contribution < -0.4 is 0 Å². The quantitative estimate of drug-likeness (QED) is 0.0847. The molecule has 0 aliphatic carbocycles. The van der Waals surface area contributed by atoms with Crippen LogP contribution in [-0.2, 0) is 28.7 Å². The summed E-state index contributed by atoms with van der Waals surface area (Å²) < 4.78 is 11.2. The van der Waals surface area contributed by atoms with Crippen molar-refractivity contribution in [2.75, 3.05) is 33.0 Å². The van der Waals surface area contributed by atoms with Gasteiger partial charge in [0.05, 0.1) is 49.1 Å². The van der Waals surface area contributed by atoms with Crippen LogP contribution in [0.3, 0.4) is 0 Å². The zero-order valence-electron chi connectivity index (χ0n) is 34.0. The van der Waals surface area contributed by atoms with E-state index in [1.54, 1.807) is 6.92 Å². The Labute approximate surface area is 338 Å². The highest BCUT2D eigenvalue weighted by Gasteiger charge is 2.28. The van der Waals surface area contributed by atoms with Gasteiger partial charge in [-0.1, -0.05) is 25.3 Å². The molecule has 3 N–H and O–H groups in total. The van der Waals surface area contributed by atoms with Gasteiger partial charge in [0.1, 0.15) is 5.78 Å². The minimum atomic E-state index is -0.889. The lowest BCUT2D eigenvalue weighted by Crippen LogP contribution is -2.34. The van der Waals surface area contributed by atoms with Gasteiger partial charge in [0.2, 0.25) is 0 Å². The van der Waals surface area contributed by atoms with Crippen LogP contribution >= 0.6 is 0 Å². The average Bonchev–Trinajstić information content (AvgIpc) is 3.91. The number of rotatable bonds is 18. The molecule has 0 fully saturated rings. The fraction of sp³-hybridized carbons (Fsp3) is 0.348. The Morgan fingerprint density at radius 2 is 1.24 bits per heavy atom. The zero-order valence-corrected chi connectivity index (χ0v) is 34.0. The summed E-state index contributed by atoms with van der Waals surface area (Å²) in [7, 11) is 0. The number of carboxylic acids is 1. The fourth-order valence-electron chi connectivity index (χ4n) is 7.62. The van der Waals surface area contributed by atoms with Crippen molar-refractivity contribution in [3.05, 3.63) is 94.1 Å². The summed E-state index contributed by atoms with van der Waals surface area (Å²) in [6.07, 6.45) is 6.97. The predicted octanol–water partition coefficient (Wildman–Crippen LogP) is 8.42. The lowest BCUT2D eigenvalue weighted by Gasteiger charge is -2.14. The first-order valence-electron chi connectivity index (χ1n) is 19.7. The normalized spacial score (nSPS) is 14.2. The number of carboxylic acid groups (broad SMARTS) is 1. The third-order valence-corrected chi connectivity index (χ3v) is 11.0. The van der Waals surface area contributed by atoms with E-state index >= 15 is 0 Å². The van der Waals surface area contributed by atoms with Gasteiger partial charge >= 0.3 is 5.97 Å². The van der Waals surface area contributed by atoms with Crippen molar-refractivity contribution in [3.63, 3.8) is 0 Å². The highest BCUT2D eigenvalue weighted by atomic mass is 16.5. The van der Waals surface area contributed by atoms with Crippen molar-refractivity contribution in [2.24, 2.45) is 0 Å². The van der Waals surface area contributed by atoms with E-state index in [9.17, 15) is 24.3 Å². The molecule has 3 aromatic heterocycles. The van der Waals surface area contributed by atoms with Crippen molar-refractivity contribution in [2.45, 2.75) is 73.1 Å². The number of ketones is 1. The van der Waals surface area contributed by atoms with E-state index in [4.69, 9.17) is 19.4 Å².